The van der Waals surface area contributed by atoms with Gasteiger partial charge in [-0.2, -0.15) is 5.10 Å². The zero-order valence-corrected chi connectivity index (χ0v) is 16.0. The van der Waals surface area contributed by atoms with Gasteiger partial charge in [0.1, 0.15) is 5.52 Å². The fourth-order valence-corrected chi connectivity index (χ4v) is 4.28. The third kappa shape index (κ3) is 2.95. The van der Waals surface area contributed by atoms with Crippen molar-refractivity contribution < 1.29 is 0 Å². The van der Waals surface area contributed by atoms with E-state index in [4.69, 9.17) is 0 Å². The second-order valence-electron chi connectivity index (χ2n) is 7.87. The molecule has 1 aromatic carbocycles. The number of rotatable bonds is 2. The zero-order valence-electron chi connectivity index (χ0n) is 16.0. The monoisotopic (exact) mass is 364 g/mol. The highest BCUT2D eigenvalue weighted by molar-refractivity contribution is 6.04. The first-order valence-corrected chi connectivity index (χ1v) is 9.34. The Kier molecular flexibility index (Phi) is 4.13. The van der Waals surface area contributed by atoms with Crippen LogP contribution in [-0.4, -0.2) is 20.9 Å². The van der Waals surface area contributed by atoms with Gasteiger partial charge >= 0.3 is 11.2 Å². The molecule has 0 saturated heterocycles. The quantitative estimate of drug-likeness (QED) is 0.538. The largest absolute Gasteiger partial charge is 0.350 e. The van der Waals surface area contributed by atoms with Crippen molar-refractivity contribution in [3.8, 4) is 0 Å². The van der Waals surface area contributed by atoms with Gasteiger partial charge in [-0.15, -0.1) is 4.68 Å². The van der Waals surface area contributed by atoms with Crippen LogP contribution in [0.1, 0.15) is 32.8 Å². The number of H-pyrrole nitrogens is 2. The number of benzene rings is 1. The maximum Gasteiger partial charge on any atom is 0.350 e. The summed E-state index contributed by atoms with van der Waals surface area (Å²) in [6.45, 7) is 8.44. The van der Waals surface area contributed by atoms with E-state index in [1.54, 1.807) is 6.21 Å². The van der Waals surface area contributed by atoms with Crippen molar-refractivity contribution in [2.75, 3.05) is 0 Å². The van der Waals surface area contributed by atoms with Gasteiger partial charge in [-0.1, -0.05) is 37.1 Å². The standard InChI is InChI=1S/C21H24N4O2/c1-11-5-6-17-15(9-11)18-19(23-17)20(26)25(21(27)24-18)22-10-16-13(3)7-12(2)8-14(16)4/h5-7,9-10,13-14,16,23H,8H2,1-4H3,(H,24,27)/b22-10+/t13?,14?,16-/m0/s1. The molecule has 6 heteroatoms. The van der Waals surface area contributed by atoms with Gasteiger partial charge in [-0.05, 0) is 44.2 Å². The van der Waals surface area contributed by atoms with E-state index in [-0.39, 0.29) is 5.92 Å². The maximum absolute atomic E-state index is 12.9. The van der Waals surface area contributed by atoms with Crippen molar-refractivity contribution in [3.63, 3.8) is 0 Å². The number of hydrogen-bond donors (Lipinski definition) is 2. The summed E-state index contributed by atoms with van der Waals surface area (Å²) < 4.78 is 0.926. The second kappa shape index (κ2) is 6.37. The molecule has 0 aliphatic heterocycles. The van der Waals surface area contributed by atoms with Gasteiger partial charge in [-0.3, -0.25) is 4.79 Å². The van der Waals surface area contributed by atoms with Crippen LogP contribution in [0.2, 0.25) is 0 Å². The number of aryl methyl sites for hydroxylation is 1. The molecule has 1 aliphatic rings. The number of hydrogen-bond acceptors (Lipinski definition) is 3. The summed E-state index contributed by atoms with van der Waals surface area (Å²) in [6.07, 6.45) is 5.01. The van der Waals surface area contributed by atoms with Crippen molar-refractivity contribution in [3.05, 3.63) is 56.2 Å². The molecule has 0 radical (unpaired) electrons. The molecule has 3 atom stereocenters. The van der Waals surface area contributed by atoms with E-state index in [2.05, 4.69) is 41.9 Å². The number of nitrogens with one attached hydrogen (secondary N) is 2. The summed E-state index contributed by atoms with van der Waals surface area (Å²) in [7, 11) is 0. The molecule has 27 heavy (non-hydrogen) atoms. The Bertz CT molecular complexity index is 1210. The fraction of sp³-hybridized carbons (Fsp3) is 0.381. The van der Waals surface area contributed by atoms with E-state index < -0.39 is 11.2 Å². The van der Waals surface area contributed by atoms with Gasteiger partial charge in [0.05, 0.1) is 5.52 Å². The van der Waals surface area contributed by atoms with E-state index >= 15 is 0 Å². The van der Waals surface area contributed by atoms with E-state index in [9.17, 15) is 9.59 Å². The Hall–Kier alpha value is -2.89. The lowest BCUT2D eigenvalue weighted by molar-refractivity contribution is 0.361. The van der Waals surface area contributed by atoms with Crippen molar-refractivity contribution in [1.29, 1.82) is 0 Å². The molecule has 2 N–H and O–H groups in total. The van der Waals surface area contributed by atoms with Gasteiger partial charge in [0.15, 0.2) is 0 Å². The van der Waals surface area contributed by atoms with Gasteiger partial charge in [0, 0.05) is 23.0 Å². The van der Waals surface area contributed by atoms with Crippen LogP contribution < -0.4 is 11.2 Å². The van der Waals surface area contributed by atoms with E-state index in [1.165, 1.54) is 5.57 Å². The molecular formula is C21H24N4O2. The Morgan fingerprint density at radius 1 is 1.15 bits per heavy atom. The summed E-state index contributed by atoms with van der Waals surface area (Å²) in [5, 5.41) is 5.12. The SMILES string of the molecule is CC1=CC(C)[C@H](/C=N/n2c(=O)[nH]c3c([nH]c4ccc(C)cc43)c2=O)C(C)C1. The molecule has 2 heterocycles. The fourth-order valence-electron chi connectivity index (χ4n) is 4.28. The molecule has 140 valence electrons. The summed E-state index contributed by atoms with van der Waals surface area (Å²) in [5.74, 6) is 0.941. The van der Waals surface area contributed by atoms with E-state index in [1.807, 2.05) is 25.1 Å². The minimum atomic E-state index is -0.519. The van der Waals surface area contributed by atoms with Crippen LogP contribution in [0.4, 0.5) is 0 Å². The maximum atomic E-state index is 12.9. The highest BCUT2D eigenvalue weighted by atomic mass is 16.2. The third-order valence-electron chi connectivity index (χ3n) is 5.59. The first kappa shape index (κ1) is 17.5. The molecule has 0 saturated carbocycles. The average molecular weight is 364 g/mol. The highest BCUT2D eigenvalue weighted by Gasteiger charge is 2.25. The third-order valence-corrected chi connectivity index (χ3v) is 5.59. The van der Waals surface area contributed by atoms with Crippen LogP contribution in [0.25, 0.3) is 21.9 Å². The zero-order chi connectivity index (χ0) is 19.3. The summed E-state index contributed by atoms with van der Waals surface area (Å²) >= 11 is 0. The molecule has 0 amide bonds. The molecule has 1 aliphatic carbocycles. The van der Waals surface area contributed by atoms with E-state index in [0.717, 1.165) is 27.6 Å². The molecular weight excluding hydrogens is 340 g/mol. The van der Waals surface area contributed by atoms with Gasteiger partial charge in [0.25, 0.3) is 0 Å². The van der Waals surface area contributed by atoms with Gasteiger partial charge in [-0.25, -0.2) is 4.79 Å². The second-order valence-corrected chi connectivity index (χ2v) is 7.87. The first-order valence-electron chi connectivity index (χ1n) is 9.34. The number of nitrogens with zero attached hydrogens (tertiary/aromatic N) is 2. The molecule has 0 spiro atoms. The van der Waals surface area contributed by atoms with Crippen molar-refractivity contribution in [2.45, 2.75) is 34.1 Å². The lowest BCUT2D eigenvalue weighted by Crippen LogP contribution is -2.33. The van der Waals surface area contributed by atoms with Crippen molar-refractivity contribution in [1.82, 2.24) is 14.6 Å². The molecule has 3 aromatic rings. The smallest absolute Gasteiger partial charge is 0.349 e. The Morgan fingerprint density at radius 2 is 1.93 bits per heavy atom. The predicted molar refractivity (Wildman–Crippen MR) is 110 cm³/mol. The number of fused-ring (bicyclic) bond motifs is 3. The van der Waals surface area contributed by atoms with Crippen LogP contribution in [0.3, 0.4) is 0 Å². The van der Waals surface area contributed by atoms with Gasteiger partial charge < -0.3 is 9.97 Å². The minimum Gasteiger partial charge on any atom is -0.349 e. The molecule has 2 unspecified atom stereocenters. The van der Waals surface area contributed by atoms with Crippen molar-refractivity contribution >= 4 is 28.2 Å². The predicted octanol–water partition coefficient (Wildman–Crippen LogP) is 3.55. The van der Waals surface area contributed by atoms with Crippen LogP contribution in [0.5, 0.6) is 0 Å². The van der Waals surface area contributed by atoms with Gasteiger partial charge in [0.2, 0.25) is 0 Å². The number of aromatic amines is 2. The summed E-state index contributed by atoms with van der Waals surface area (Å²) in [6, 6.07) is 5.83. The van der Waals surface area contributed by atoms with Crippen LogP contribution >= 0.6 is 0 Å². The number of allylic oxidation sites excluding steroid dienone is 2. The van der Waals surface area contributed by atoms with Crippen molar-refractivity contribution in [2.24, 2.45) is 22.9 Å². The lowest BCUT2D eigenvalue weighted by Gasteiger charge is -2.29. The normalized spacial score (nSPS) is 23.4. The molecule has 0 bridgehead atoms. The minimum absolute atomic E-state index is 0.195. The molecule has 2 aromatic heterocycles. The van der Waals surface area contributed by atoms with Crippen LogP contribution in [-0.2, 0) is 0 Å². The molecule has 0 fully saturated rings. The summed E-state index contributed by atoms with van der Waals surface area (Å²) in [4.78, 5) is 31.3. The Labute approximate surface area is 156 Å². The topological polar surface area (TPSA) is 83.0 Å². The molecule has 4 rings (SSSR count). The van der Waals surface area contributed by atoms with Crippen LogP contribution in [0, 0.1) is 24.7 Å². The lowest BCUT2D eigenvalue weighted by atomic mass is 9.76. The molecule has 6 nitrogen and oxygen atoms in total. The van der Waals surface area contributed by atoms with E-state index in [0.29, 0.717) is 22.9 Å². The number of aromatic nitrogens is 3. The average Bonchev–Trinajstić information content (AvgIpc) is 2.94. The summed E-state index contributed by atoms with van der Waals surface area (Å²) in [5.41, 5.74) is 3.22. The highest BCUT2D eigenvalue weighted by Crippen LogP contribution is 2.32. The Morgan fingerprint density at radius 3 is 2.67 bits per heavy atom. The first-order chi connectivity index (χ1) is 12.8. The Balaban J connectivity index is 1.82. The van der Waals surface area contributed by atoms with Crippen LogP contribution in [0.15, 0.2) is 44.5 Å².